The minimum Gasteiger partial charge on any atom is -0.486 e. The Kier molecular flexibility index (Phi) is 7.33. The summed E-state index contributed by atoms with van der Waals surface area (Å²) in [6, 6.07) is 17.3. The van der Waals surface area contributed by atoms with Crippen molar-refractivity contribution < 1.29 is 23.5 Å². The van der Waals surface area contributed by atoms with Gasteiger partial charge in [-0.3, -0.25) is 9.59 Å². The maximum absolute atomic E-state index is 13.7. The van der Waals surface area contributed by atoms with Gasteiger partial charge in [-0.25, -0.2) is 14.1 Å². The molecular weight excluding hydrogens is 496 g/mol. The third-order valence-electron chi connectivity index (χ3n) is 4.97. The predicted molar refractivity (Wildman–Crippen MR) is 130 cm³/mol. The highest BCUT2D eigenvalue weighted by Gasteiger charge is 2.35. The van der Waals surface area contributed by atoms with Crippen molar-refractivity contribution in [1.82, 2.24) is 10.2 Å². The molecule has 0 saturated carbocycles. The van der Waals surface area contributed by atoms with Crippen LogP contribution in [-0.2, 0) is 16.2 Å². The van der Waals surface area contributed by atoms with Gasteiger partial charge in [0.05, 0.1) is 15.7 Å². The lowest BCUT2D eigenvalue weighted by Crippen LogP contribution is -2.38. The van der Waals surface area contributed by atoms with Gasteiger partial charge in [-0.2, -0.15) is 0 Å². The van der Waals surface area contributed by atoms with Crippen LogP contribution in [0.1, 0.15) is 11.1 Å². The molecule has 3 aromatic carbocycles. The Morgan fingerprint density at radius 1 is 1.03 bits per heavy atom. The second-order valence-electron chi connectivity index (χ2n) is 7.50. The third-order valence-corrected chi connectivity index (χ3v) is 5.53. The molecule has 0 bridgehead atoms. The van der Waals surface area contributed by atoms with E-state index in [0.29, 0.717) is 10.5 Å². The first-order valence-electron chi connectivity index (χ1n) is 10.4. The maximum Gasteiger partial charge on any atom is 0.329 e. The summed E-state index contributed by atoms with van der Waals surface area (Å²) in [6.07, 6.45) is 1.38. The van der Waals surface area contributed by atoms with Gasteiger partial charge in [0.15, 0.2) is 5.75 Å². The van der Waals surface area contributed by atoms with Gasteiger partial charge in [0.2, 0.25) is 5.91 Å². The fourth-order valence-electron chi connectivity index (χ4n) is 3.31. The number of nitrogens with zero attached hydrogens (tertiary/aromatic N) is 1. The van der Waals surface area contributed by atoms with Crippen molar-refractivity contribution in [3.8, 4) is 5.75 Å². The number of ether oxygens (including phenoxy) is 1. The number of benzene rings is 3. The summed E-state index contributed by atoms with van der Waals surface area (Å²) in [5.74, 6) is -1.81. The lowest BCUT2D eigenvalue weighted by Gasteiger charge is -2.12. The molecule has 4 rings (SSSR count). The number of carbonyl (C=O) groups excluding carboxylic acids is 3. The highest BCUT2D eigenvalue weighted by Crippen LogP contribution is 2.35. The highest BCUT2D eigenvalue weighted by molar-refractivity contribution is 6.37. The molecule has 1 aliphatic rings. The monoisotopic (exact) mass is 513 g/mol. The van der Waals surface area contributed by atoms with Gasteiger partial charge in [-0.15, -0.1) is 0 Å². The molecule has 4 amide bonds. The number of halogens is 3. The number of amides is 4. The molecule has 0 radical (unpaired) electrons. The molecule has 0 aliphatic carbocycles. The smallest absolute Gasteiger partial charge is 0.329 e. The minimum absolute atomic E-state index is 0.0563. The van der Waals surface area contributed by atoms with Crippen LogP contribution in [0, 0.1) is 5.82 Å². The summed E-state index contributed by atoms with van der Waals surface area (Å²) in [5.41, 5.74) is 1.25. The average Bonchev–Trinajstić information content (AvgIpc) is 3.08. The lowest BCUT2D eigenvalue weighted by molar-refractivity contribution is -0.127. The molecule has 10 heteroatoms. The van der Waals surface area contributed by atoms with Gasteiger partial charge >= 0.3 is 6.03 Å². The molecule has 178 valence electrons. The summed E-state index contributed by atoms with van der Waals surface area (Å²) in [6.45, 7) is -0.330. The van der Waals surface area contributed by atoms with Crippen LogP contribution >= 0.6 is 23.2 Å². The Balaban J connectivity index is 1.44. The maximum atomic E-state index is 13.7. The molecule has 7 nitrogen and oxygen atoms in total. The molecule has 0 atom stereocenters. The van der Waals surface area contributed by atoms with Crippen LogP contribution in [0.2, 0.25) is 10.0 Å². The van der Waals surface area contributed by atoms with Gasteiger partial charge in [-0.05, 0) is 41.5 Å². The fourth-order valence-corrected chi connectivity index (χ4v) is 3.92. The Labute approximate surface area is 210 Å². The topological polar surface area (TPSA) is 87.7 Å². The summed E-state index contributed by atoms with van der Waals surface area (Å²) in [7, 11) is 0. The number of para-hydroxylation sites is 1. The molecule has 35 heavy (non-hydrogen) atoms. The van der Waals surface area contributed by atoms with Crippen LogP contribution in [0.4, 0.5) is 14.9 Å². The van der Waals surface area contributed by atoms with E-state index in [1.807, 2.05) is 30.3 Å². The van der Waals surface area contributed by atoms with E-state index in [2.05, 4.69) is 10.6 Å². The molecule has 1 aliphatic heterocycles. The van der Waals surface area contributed by atoms with Crippen LogP contribution in [0.3, 0.4) is 0 Å². The molecule has 3 aromatic rings. The van der Waals surface area contributed by atoms with E-state index in [4.69, 9.17) is 27.9 Å². The first-order chi connectivity index (χ1) is 16.8. The van der Waals surface area contributed by atoms with Crippen molar-refractivity contribution >= 4 is 52.8 Å². The number of nitrogens with one attached hydrogen (secondary N) is 2. The largest absolute Gasteiger partial charge is 0.486 e. The fraction of sp³-hybridized carbons (Fsp3) is 0.0800. The third kappa shape index (κ3) is 5.79. The predicted octanol–water partition coefficient (Wildman–Crippen LogP) is 5.24. The van der Waals surface area contributed by atoms with Crippen LogP contribution in [0.25, 0.3) is 6.08 Å². The van der Waals surface area contributed by atoms with Crippen molar-refractivity contribution in [3.63, 3.8) is 0 Å². The van der Waals surface area contributed by atoms with Crippen molar-refractivity contribution in [2.45, 2.75) is 6.61 Å². The number of hydrogen-bond donors (Lipinski definition) is 2. The van der Waals surface area contributed by atoms with Gasteiger partial charge in [0.25, 0.3) is 5.91 Å². The van der Waals surface area contributed by atoms with Crippen molar-refractivity contribution in [3.05, 3.63) is 99.4 Å². The lowest BCUT2D eigenvalue weighted by atomic mass is 10.1. The zero-order valence-electron chi connectivity index (χ0n) is 18.1. The molecule has 0 unspecified atom stereocenters. The number of imide groups is 1. The van der Waals surface area contributed by atoms with E-state index in [0.717, 1.165) is 5.56 Å². The van der Waals surface area contributed by atoms with E-state index < -0.39 is 30.2 Å². The molecule has 0 spiro atoms. The van der Waals surface area contributed by atoms with E-state index in [9.17, 15) is 18.8 Å². The van der Waals surface area contributed by atoms with Crippen LogP contribution in [-0.4, -0.2) is 29.3 Å². The quantitative estimate of drug-likeness (QED) is 0.334. The summed E-state index contributed by atoms with van der Waals surface area (Å²) in [5, 5.41) is 5.18. The van der Waals surface area contributed by atoms with E-state index >= 15 is 0 Å². The molecule has 2 N–H and O–H groups in total. The Morgan fingerprint density at radius 3 is 2.37 bits per heavy atom. The highest BCUT2D eigenvalue weighted by atomic mass is 35.5. The molecular formula is C25H18Cl2FN3O4. The summed E-state index contributed by atoms with van der Waals surface area (Å²) in [4.78, 5) is 37.9. The second kappa shape index (κ2) is 10.6. The van der Waals surface area contributed by atoms with Crippen molar-refractivity contribution in [1.29, 1.82) is 0 Å². The van der Waals surface area contributed by atoms with Gasteiger partial charge in [0, 0.05) is 0 Å². The first-order valence-corrected chi connectivity index (χ1v) is 11.1. The van der Waals surface area contributed by atoms with Crippen molar-refractivity contribution in [2.24, 2.45) is 0 Å². The zero-order valence-corrected chi connectivity index (χ0v) is 19.6. The SMILES string of the molecule is O=C(CN1C(=O)N/C(=C/c2cc(Cl)c(OCc3ccccc3)c(Cl)c2)C1=O)Nc1ccccc1F. The average molecular weight is 514 g/mol. The number of hydrogen-bond acceptors (Lipinski definition) is 4. The standard InChI is InChI=1S/C25H18Cl2FN3O4/c26-17-10-16(11-18(27)23(17)35-14-15-6-2-1-3-7-15)12-21-24(33)31(25(34)30-21)13-22(32)29-20-9-5-4-8-19(20)28/h1-12H,13-14H2,(H,29,32)(H,30,34)/b21-12+. The van der Waals surface area contributed by atoms with Crippen molar-refractivity contribution in [2.75, 3.05) is 11.9 Å². The van der Waals surface area contributed by atoms with Crippen LogP contribution in [0.5, 0.6) is 5.75 Å². The van der Waals surface area contributed by atoms with Crippen LogP contribution < -0.4 is 15.4 Å². The minimum atomic E-state index is -0.787. The molecule has 0 aromatic heterocycles. The number of urea groups is 1. The van der Waals surface area contributed by atoms with Gasteiger partial charge < -0.3 is 15.4 Å². The first kappa shape index (κ1) is 24.3. The Morgan fingerprint density at radius 2 is 1.69 bits per heavy atom. The molecule has 1 fully saturated rings. The van der Waals surface area contributed by atoms with Gasteiger partial charge in [0.1, 0.15) is 24.7 Å². The van der Waals surface area contributed by atoms with E-state index in [1.54, 1.807) is 6.07 Å². The summed E-state index contributed by atoms with van der Waals surface area (Å²) >= 11 is 12.7. The molecule has 1 heterocycles. The molecule has 1 saturated heterocycles. The number of rotatable bonds is 7. The normalized spacial score (nSPS) is 14.3. The second-order valence-corrected chi connectivity index (χ2v) is 8.31. The van der Waals surface area contributed by atoms with E-state index in [-0.39, 0.29) is 33.8 Å². The summed E-state index contributed by atoms with van der Waals surface area (Å²) < 4.78 is 19.5. The van der Waals surface area contributed by atoms with Crippen LogP contribution in [0.15, 0.2) is 72.4 Å². The Bertz CT molecular complexity index is 1310. The number of anilines is 1. The zero-order chi connectivity index (χ0) is 24.9. The number of carbonyl (C=O) groups is 3. The van der Waals surface area contributed by atoms with Gasteiger partial charge in [-0.1, -0.05) is 65.7 Å². The van der Waals surface area contributed by atoms with E-state index in [1.165, 1.54) is 36.4 Å². The Hall–Kier alpha value is -3.88.